The van der Waals surface area contributed by atoms with Crippen LogP contribution in [0.5, 0.6) is 0 Å². The summed E-state index contributed by atoms with van der Waals surface area (Å²) in [5, 5.41) is 10.8. The summed E-state index contributed by atoms with van der Waals surface area (Å²) in [6.45, 7) is 0. The third-order valence-electron chi connectivity index (χ3n) is 6.63. The zero-order valence-corrected chi connectivity index (χ0v) is 18.5. The Morgan fingerprint density at radius 1 is 0.500 bits per heavy atom. The fraction of sp³-hybridized carbons (Fsp3) is 0. The normalized spacial score (nSPS) is 11.5. The monoisotopic (exact) mass is 435 g/mol. The fourth-order valence-electron chi connectivity index (χ4n) is 5.01. The molecular formula is C32H21NO. The molecule has 0 spiro atoms. The van der Waals surface area contributed by atoms with E-state index in [9.17, 15) is 0 Å². The Morgan fingerprint density at radius 3 is 1.94 bits per heavy atom. The summed E-state index contributed by atoms with van der Waals surface area (Å²) in [6, 6.07) is 42.5. The van der Waals surface area contributed by atoms with E-state index in [1.54, 1.807) is 0 Å². The van der Waals surface area contributed by atoms with E-state index < -0.39 is 0 Å². The highest BCUT2D eigenvalue weighted by Gasteiger charge is 2.17. The summed E-state index contributed by atoms with van der Waals surface area (Å²) in [7, 11) is 0. The molecule has 2 heteroatoms. The highest BCUT2D eigenvalue weighted by atomic mass is 16.3. The van der Waals surface area contributed by atoms with Gasteiger partial charge in [-0.05, 0) is 56.9 Å². The van der Waals surface area contributed by atoms with Crippen LogP contribution in [0, 0.1) is 0 Å². The molecule has 0 saturated heterocycles. The minimum absolute atomic E-state index is 0.886. The van der Waals surface area contributed by atoms with Gasteiger partial charge in [-0.25, -0.2) is 0 Å². The molecule has 0 atom stereocenters. The second-order valence-electron chi connectivity index (χ2n) is 8.68. The Morgan fingerprint density at radius 2 is 1.15 bits per heavy atom. The second-order valence-corrected chi connectivity index (χ2v) is 8.68. The summed E-state index contributed by atoms with van der Waals surface area (Å²) in [5.41, 5.74) is 6.21. The van der Waals surface area contributed by atoms with Crippen molar-refractivity contribution in [3.05, 3.63) is 121 Å². The molecule has 0 saturated carbocycles. The molecule has 0 bridgehead atoms. The standard InChI is InChI=1S/C32H21NO/c1-2-8-21(9-3-1)22-14-17-25(18-15-22)33-28-20-24-11-5-7-13-27(24)31-30-26-12-6-4-10-23(26)16-19-29(30)34-32(28)31/h1-20,33H. The molecule has 0 aliphatic heterocycles. The number of anilines is 2. The minimum Gasteiger partial charge on any atom is -0.454 e. The highest BCUT2D eigenvalue weighted by molar-refractivity contribution is 6.28. The van der Waals surface area contributed by atoms with Crippen LogP contribution in [0.15, 0.2) is 126 Å². The molecule has 7 aromatic rings. The Balaban J connectivity index is 1.43. The van der Waals surface area contributed by atoms with Gasteiger partial charge in [0.1, 0.15) is 5.58 Å². The van der Waals surface area contributed by atoms with Crippen molar-refractivity contribution in [2.45, 2.75) is 0 Å². The summed E-state index contributed by atoms with van der Waals surface area (Å²) in [6.07, 6.45) is 0. The number of benzene rings is 6. The molecule has 7 rings (SSSR count). The van der Waals surface area contributed by atoms with Crippen molar-refractivity contribution in [3.8, 4) is 11.1 Å². The van der Waals surface area contributed by atoms with E-state index in [0.29, 0.717) is 0 Å². The van der Waals surface area contributed by atoms with E-state index in [1.807, 2.05) is 6.07 Å². The molecule has 0 aliphatic carbocycles. The molecule has 160 valence electrons. The van der Waals surface area contributed by atoms with Crippen molar-refractivity contribution < 1.29 is 4.42 Å². The molecule has 0 fully saturated rings. The molecular weight excluding hydrogens is 414 g/mol. The number of hydrogen-bond acceptors (Lipinski definition) is 2. The lowest BCUT2D eigenvalue weighted by Crippen LogP contribution is -1.91. The zero-order chi connectivity index (χ0) is 22.5. The molecule has 34 heavy (non-hydrogen) atoms. The van der Waals surface area contributed by atoms with Gasteiger partial charge in [0.25, 0.3) is 0 Å². The van der Waals surface area contributed by atoms with E-state index >= 15 is 0 Å². The molecule has 2 nitrogen and oxygen atoms in total. The molecule has 0 amide bonds. The number of nitrogens with one attached hydrogen (secondary N) is 1. The van der Waals surface area contributed by atoms with Crippen LogP contribution in [-0.4, -0.2) is 0 Å². The van der Waals surface area contributed by atoms with Gasteiger partial charge in [0.15, 0.2) is 5.58 Å². The summed E-state index contributed by atoms with van der Waals surface area (Å²) >= 11 is 0. The van der Waals surface area contributed by atoms with E-state index in [4.69, 9.17) is 4.42 Å². The van der Waals surface area contributed by atoms with Crippen LogP contribution in [0.2, 0.25) is 0 Å². The molecule has 6 aromatic carbocycles. The molecule has 0 aliphatic rings. The van der Waals surface area contributed by atoms with Gasteiger partial charge >= 0.3 is 0 Å². The lowest BCUT2D eigenvalue weighted by molar-refractivity contribution is 0.670. The molecule has 1 aromatic heterocycles. The minimum atomic E-state index is 0.886. The Hall–Kier alpha value is -4.56. The van der Waals surface area contributed by atoms with Gasteiger partial charge in [0.2, 0.25) is 0 Å². The van der Waals surface area contributed by atoms with Gasteiger partial charge in [0.05, 0.1) is 5.69 Å². The number of fused-ring (bicyclic) bond motifs is 7. The Kier molecular flexibility index (Phi) is 4.18. The second kappa shape index (κ2) is 7.50. The third-order valence-corrected chi connectivity index (χ3v) is 6.63. The SMILES string of the molecule is c1ccc(-c2ccc(Nc3cc4ccccc4c4c3oc3ccc5ccccc5c34)cc2)cc1. The summed E-state index contributed by atoms with van der Waals surface area (Å²) in [4.78, 5) is 0. The van der Waals surface area contributed by atoms with Gasteiger partial charge < -0.3 is 9.73 Å². The van der Waals surface area contributed by atoms with E-state index in [0.717, 1.165) is 27.9 Å². The highest BCUT2D eigenvalue weighted by Crippen LogP contribution is 2.42. The van der Waals surface area contributed by atoms with E-state index in [1.165, 1.54) is 38.1 Å². The summed E-state index contributed by atoms with van der Waals surface area (Å²) < 4.78 is 6.50. The van der Waals surface area contributed by atoms with Crippen molar-refractivity contribution in [2.24, 2.45) is 0 Å². The first-order valence-electron chi connectivity index (χ1n) is 11.5. The van der Waals surface area contributed by atoms with Crippen LogP contribution in [0.1, 0.15) is 0 Å². The smallest absolute Gasteiger partial charge is 0.159 e. The van der Waals surface area contributed by atoms with Crippen LogP contribution in [0.25, 0.3) is 54.6 Å². The van der Waals surface area contributed by atoms with Crippen molar-refractivity contribution >= 4 is 54.9 Å². The fourth-order valence-corrected chi connectivity index (χ4v) is 5.01. The molecule has 0 radical (unpaired) electrons. The topological polar surface area (TPSA) is 25.2 Å². The average Bonchev–Trinajstić information content (AvgIpc) is 3.31. The lowest BCUT2D eigenvalue weighted by atomic mass is 9.99. The zero-order valence-electron chi connectivity index (χ0n) is 18.5. The van der Waals surface area contributed by atoms with Gasteiger partial charge in [0, 0.05) is 16.5 Å². The number of hydrogen-bond donors (Lipinski definition) is 1. The van der Waals surface area contributed by atoms with Crippen molar-refractivity contribution in [2.75, 3.05) is 5.32 Å². The lowest BCUT2D eigenvalue weighted by Gasteiger charge is -2.11. The quantitative estimate of drug-likeness (QED) is 0.299. The maximum Gasteiger partial charge on any atom is 0.159 e. The van der Waals surface area contributed by atoms with Crippen LogP contribution in [0.3, 0.4) is 0 Å². The Labute approximate surface area is 197 Å². The first kappa shape index (κ1) is 19.0. The van der Waals surface area contributed by atoms with E-state index in [-0.39, 0.29) is 0 Å². The van der Waals surface area contributed by atoms with Gasteiger partial charge in [-0.2, -0.15) is 0 Å². The van der Waals surface area contributed by atoms with Gasteiger partial charge in [-0.1, -0.05) is 97.1 Å². The van der Waals surface area contributed by atoms with Crippen LogP contribution in [0.4, 0.5) is 11.4 Å². The third kappa shape index (κ3) is 2.96. The number of rotatable bonds is 3. The molecule has 0 unspecified atom stereocenters. The largest absolute Gasteiger partial charge is 0.454 e. The Bertz CT molecular complexity index is 1810. The van der Waals surface area contributed by atoms with Crippen LogP contribution < -0.4 is 5.32 Å². The van der Waals surface area contributed by atoms with Gasteiger partial charge in [-0.3, -0.25) is 0 Å². The summed E-state index contributed by atoms with van der Waals surface area (Å²) in [5.74, 6) is 0. The maximum absolute atomic E-state index is 6.50. The van der Waals surface area contributed by atoms with Crippen molar-refractivity contribution in [1.29, 1.82) is 0 Å². The average molecular weight is 436 g/mol. The predicted molar refractivity (Wildman–Crippen MR) is 144 cm³/mol. The maximum atomic E-state index is 6.50. The molecule has 1 heterocycles. The molecule has 1 N–H and O–H groups in total. The van der Waals surface area contributed by atoms with Crippen molar-refractivity contribution in [3.63, 3.8) is 0 Å². The van der Waals surface area contributed by atoms with Crippen molar-refractivity contribution in [1.82, 2.24) is 0 Å². The van der Waals surface area contributed by atoms with E-state index in [2.05, 4.69) is 121 Å². The number of furan rings is 1. The predicted octanol–water partition coefficient (Wildman–Crippen LogP) is 9.30. The first-order chi connectivity index (χ1) is 16.8. The van der Waals surface area contributed by atoms with Crippen LogP contribution >= 0.6 is 0 Å². The van der Waals surface area contributed by atoms with Gasteiger partial charge in [-0.15, -0.1) is 0 Å². The first-order valence-corrected chi connectivity index (χ1v) is 11.5. The van der Waals surface area contributed by atoms with Crippen LogP contribution in [-0.2, 0) is 0 Å².